The van der Waals surface area contributed by atoms with Crippen molar-refractivity contribution in [2.24, 2.45) is 4.36 Å². The van der Waals surface area contributed by atoms with E-state index in [1.165, 1.54) is 22.0 Å². The number of aromatic nitrogens is 5. The number of allylic oxidation sites excluding steroid dienone is 1. The van der Waals surface area contributed by atoms with Crippen LogP contribution in [0, 0.1) is 0 Å². The van der Waals surface area contributed by atoms with E-state index in [4.69, 9.17) is 4.98 Å². The second kappa shape index (κ2) is 9.99. The second-order valence-electron chi connectivity index (χ2n) is 9.57. The van der Waals surface area contributed by atoms with Crippen LogP contribution >= 0.6 is 0 Å². The zero-order valence-electron chi connectivity index (χ0n) is 21.7. The predicted octanol–water partition coefficient (Wildman–Crippen LogP) is 3.90. The van der Waals surface area contributed by atoms with Gasteiger partial charge in [-0.15, -0.1) is 6.58 Å². The molecule has 3 aromatic heterocycles. The third-order valence-electron chi connectivity index (χ3n) is 6.26. The number of likely N-dealkylation sites (N-methyl/N-ethyl adjacent to an activating group) is 1. The first-order valence-electron chi connectivity index (χ1n) is 12.1. The first-order chi connectivity index (χ1) is 18.2. The molecule has 0 fully saturated rings. The maximum atomic E-state index is 13.3. The van der Waals surface area contributed by atoms with Gasteiger partial charge in [0.05, 0.1) is 6.54 Å². The lowest BCUT2D eigenvalue weighted by Crippen LogP contribution is -2.27. The molecule has 0 amide bonds. The smallest absolute Gasteiger partial charge is 0.278 e. The summed E-state index contributed by atoms with van der Waals surface area (Å²) in [6, 6.07) is 9.32. The van der Waals surface area contributed by atoms with Gasteiger partial charge in [0.15, 0.2) is 17.3 Å². The third kappa shape index (κ3) is 5.02. The Morgan fingerprint density at radius 2 is 2.03 bits per heavy atom. The van der Waals surface area contributed by atoms with Crippen LogP contribution < -0.4 is 10.9 Å². The standard InChI is InChI=1S/C27H30N8O2S/c1-6-12-34-26(36)22-16-28-27(29-20-14-18(7-2)21-11-13-33(3)17-19(21)15-20)31-25(22)35(34)24-10-8-9-23(30-24)32-38(4,5)37/h6-10,14-16H,1-2,11-13,17H2,3-5H3,(H,28,29,31). The van der Waals surface area contributed by atoms with Gasteiger partial charge >= 0.3 is 0 Å². The molecule has 0 atom stereocenters. The summed E-state index contributed by atoms with van der Waals surface area (Å²) < 4.78 is 19.6. The fraction of sp³-hybridized carbons (Fsp3) is 0.259. The number of rotatable bonds is 7. The molecule has 0 bridgehead atoms. The summed E-state index contributed by atoms with van der Waals surface area (Å²) in [4.78, 5) is 29.2. The molecule has 0 spiro atoms. The number of benzene rings is 1. The van der Waals surface area contributed by atoms with Crippen LogP contribution in [-0.4, -0.2) is 59.5 Å². The minimum Gasteiger partial charge on any atom is -0.324 e. The van der Waals surface area contributed by atoms with E-state index in [-0.39, 0.29) is 12.1 Å². The molecule has 0 saturated carbocycles. The molecule has 5 rings (SSSR count). The van der Waals surface area contributed by atoms with Crippen LogP contribution in [0.25, 0.3) is 22.9 Å². The molecule has 0 saturated heterocycles. The van der Waals surface area contributed by atoms with Crippen molar-refractivity contribution in [1.82, 2.24) is 29.2 Å². The summed E-state index contributed by atoms with van der Waals surface area (Å²) in [5.41, 5.74) is 4.59. The van der Waals surface area contributed by atoms with Gasteiger partial charge in [0.1, 0.15) is 5.39 Å². The van der Waals surface area contributed by atoms with Gasteiger partial charge in [0, 0.05) is 47.2 Å². The maximum absolute atomic E-state index is 13.3. The largest absolute Gasteiger partial charge is 0.324 e. The maximum Gasteiger partial charge on any atom is 0.278 e. The second-order valence-corrected chi connectivity index (χ2v) is 12.1. The van der Waals surface area contributed by atoms with Crippen LogP contribution in [0.4, 0.5) is 17.5 Å². The first kappa shape index (κ1) is 25.6. The molecule has 11 heteroatoms. The zero-order chi connectivity index (χ0) is 27.0. The lowest BCUT2D eigenvalue weighted by molar-refractivity contribution is 0.313. The van der Waals surface area contributed by atoms with Gasteiger partial charge < -0.3 is 10.2 Å². The number of pyridine rings is 1. The highest BCUT2D eigenvalue weighted by atomic mass is 32.2. The van der Waals surface area contributed by atoms with E-state index in [0.29, 0.717) is 28.6 Å². The Labute approximate surface area is 221 Å². The quantitative estimate of drug-likeness (QED) is 0.361. The van der Waals surface area contributed by atoms with Gasteiger partial charge in [0.2, 0.25) is 5.95 Å². The summed E-state index contributed by atoms with van der Waals surface area (Å²) in [7, 11) is -0.311. The van der Waals surface area contributed by atoms with Crippen molar-refractivity contribution in [3.8, 4) is 5.82 Å². The number of hydrogen-bond donors (Lipinski definition) is 1. The molecule has 1 aliphatic rings. The van der Waals surface area contributed by atoms with Crippen molar-refractivity contribution in [3.63, 3.8) is 0 Å². The lowest BCUT2D eigenvalue weighted by atomic mass is 9.94. The molecule has 1 aromatic carbocycles. The molecule has 1 N–H and O–H groups in total. The van der Waals surface area contributed by atoms with Crippen molar-refractivity contribution in [1.29, 1.82) is 0 Å². The topological polar surface area (TPSA) is 110 Å². The van der Waals surface area contributed by atoms with Gasteiger partial charge in [-0.25, -0.2) is 23.5 Å². The van der Waals surface area contributed by atoms with Gasteiger partial charge in [-0.3, -0.25) is 4.79 Å². The molecular weight excluding hydrogens is 500 g/mol. The Morgan fingerprint density at radius 1 is 1.21 bits per heavy atom. The fourth-order valence-corrected chi connectivity index (χ4v) is 5.23. The SMILES string of the molecule is C=CCn1c(=O)c2cnc(Nc3cc(C=C)c4c(c3)CN(C)CC4)nc2n1-c1cccc(N=S(C)(C)=O)n1. The first-order valence-corrected chi connectivity index (χ1v) is 14.5. The highest BCUT2D eigenvalue weighted by Crippen LogP contribution is 2.28. The Balaban J connectivity index is 1.63. The lowest BCUT2D eigenvalue weighted by Gasteiger charge is -2.27. The molecule has 1 aliphatic heterocycles. The number of anilines is 2. The van der Waals surface area contributed by atoms with Gasteiger partial charge in [-0.1, -0.05) is 24.8 Å². The average molecular weight is 531 g/mol. The Bertz CT molecular complexity index is 1750. The normalized spacial score (nSPS) is 13.8. The number of fused-ring (bicyclic) bond motifs is 2. The predicted molar refractivity (Wildman–Crippen MR) is 153 cm³/mol. The minimum absolute atomic E-state index is 0.236. The van der Waals surface area contributed by atoms with E-state index in [1.54, 1.807) is 41.5 Å². The minimum atomic E-state index is -2.42. The van der Waals surface area contributed by atoms with E-state index >= 15 is 0 Å². The molecule has 0 unspecified atom stereocenters. The molecule has 4 heterocycles. The number of hydrogen-bond acceptors (Lipinski definition) is 8. The Kier molecular flexibility index (Phi) is 6.72. The summed E-state index contributed by atoms with van der Waals surface area (Å²) >= 11 is 0. The molecule has 10 nitrogen and oxygen atoms in total. The van der Waals surface area contributed by atoms with E-state index in [0.717, 1.165) is 30.8 Å². The summed E-state index contributed by atoms with van der Waals surface area (Å²) in [5.74, 6) is 1.06. The van der Waals surface area contributed by atoms with Crippen molar-refractivity contribution in [2.75, 3.05) is 31.4 Å². The number of nitrogens with one attached hydrogen (secondary N) is 1. The van der Waals surface area contributed by atoms with E-state index in [9.17, 15) is 9.00 Å². The fourth-order valence-electron chi connectivity index (χ4n) is 4.67. The average Bonchev–Trinajstić information content (AvgIpc) is 3.13. The van der Waals surface area contributed by atoms with Crippen LogP contribution in [0.3, 0.4) is 0 Å². The van der Waals surface area contributed by atoms with Crippen LogP contribution in [0.15, 0.2) is 64.9 Å². The summed E-state index contributed by atoms with van der Waals surface area (Å²) in [6.45, 7) is 9.88. The highest BCUT2D eigenvalue weighted by molar-refractivity contribution is 7.92. The molecule has 0 aliphatic carbocycles. The zero-order valence-corrected chi connectivity index (χ0v) is 22.5. The molecular formula is C27H30N8O2S. The summed E-state index contributed by atoms with van der Waals surface area (Å²) in [5, 5.41) is 3.65. The third-order valence-corrected chi connectivity index (χ3v) is 6.89. The highest BCUT2D eigenvalue weighted by Gasteiger charge is 2.20. The van der Waals surface area contributed by atoms with E-state index < -0.39 is 9.73 Å². The van der Waals surface area contributed by atoms with Crippen LogP contribution in [-0.2, 0) is 29.2 Å². The van der Waals surface area contributed by atoms with Crippen molar-refractivity contribution in [2.45, 2.75) is 19.5 Å². The molecule has 196 valence electrons. The van der Waals surface area contributed by atoms with Crippen molar-refractivity contribution < 1.29 is 4.21 Å². The van der Waals surface area contributed by atoms with Crippen LogP contribution in [0.5, 0.6) is 0 Å². The van der Waals surface area contributed by atoms with Gasteiger partial charge in [-0.2, -0.15) is 9.35 Å². The molecule has 38 heavy (non-hydrogen) atoms. The molecule has 4 aromatic rings. The Morgan fingerprint density at radius 3 is 2.76 bits per heavy atom. The van der Waals surface area contributed by atoms with Crippen molar-refractivity contribution >= 4 is 44.3 Å². The van der Waals surface area contributed by atoms with E-state index in [2.05, 4.69) is 50.8 Å². The van der Waals surface area contributed by atoms with Crippen LogP contribution in [0.2, 0.25) is 0 Å². The Hall–Kier alpha value is -4.09. The number of nitrogens with zero attached hydrogens (tertiary/aromatic N) is 7. The molecule has 0 radical (unpaired) electrons. The monoisotopic (exact) mass is 530 g/mol. The summed E-state index contributed by atoms with van der Waals surface area (Å²) in [6.07, 6.45) is 9.08. The van der Waals surface area contributed by atoms with Crippen molar-refractivity contribution in [3.05, 3.63) is 82.8 Å². The van der Waals surface area contributed by atoms with Gasteiger partial charge in [0.25, 0.3) is 5.56 Å². The van der Waals surface area contributed by atoms with Gasteiger partial charge in [-0.05, 0) is 54.4 Å². The van der Waals surface area contributed by atoms with Crippen LogP contribution in [0.1, 0.15) is 16.7 Å². The van der Waals surface area contributed by atoms with E-state index in [1.807, 2.05) is 12.1 Å².